The quantitative estimate of drug-likeness (QED) is 0.225. The molecule has 2 aromatic rings. The van der Waals surface area contributed by atoms with Gasteiger partial charge in [0.2, 0.25) is 0 Å². The molecule has 0 unspecified atom stereocenters. The molecule has 0 saturated carbocycles. The van der Waals surface area contributed by atoms with Crippen LogP contribution in [0.4, 0.5) is 11.4 Å². The number of nitrogens with two attached hydrogens (primary N) is 1. The lowest BCUT2D eigenvalue weighted by atomic mass is 10.1. The van der Waals surface area contributed by atoms with Crippen molar-refractivity contribution in [3.63, 3.8) is 0 Å². The Bertz CT molecular complexity index is 896. The average molecular weight is 400 g/mol. The zero-order chi connectivity index (χ0) is 21.8. The van der Waals surface area contributed by atoms with E-state index >= 15 is 0 Å². The molecule has 0 radical (unpaired) electrons. The van der Waals surface area contributed by atoms with E-state index in [1.54, 1.807) is 18.2 Å². The summed E-state index contributed by atoms with van der Waals surface area (Å²) in [5, 5.41) is 24.6. The maximum Gasteiger partial charge on any atom is 0.270 e. The molecule has 0 heterocycles. The Morgan fingerprint density at radius 2 is 1.38 bits per heavy atom. The SMILES string of the molecule is CCCC(=NN)c1cccc([N+](=O)[O-])c1.CCCC(=O)c1cccc([N+](=O)[O-])c1. The number of nitro groups is 2. The molecule has 0 fully saturated rings. The minimum atomic E-state index is -0.497. The predicted octanol–water partition coefficient (Wildman–Crippen LogP) is 4.64. The summed E-state index contributed by atoms with van der Waals surface area (Å²) in [4.78, 5) is 31.5. The molecule has 2 N–H and O–H groups in total. The molecule has 0 aliphatic heterocycles. The molecule has 0 amide bonds. The molecule has 0 atom stereocenters. The van der Waals surface area contributed by atoms with Crippen LogP contribution in [0.1, 0.15) is 55.5 Å². The summed E-state index contributed by atoms with van der Waals surface area (Å²) in [6.45, 7) is 3.90. The molecule has 0 aliphatic carbocycles. The molecule has 0 saturated heterocycles. The number of benzene rings is 2. The van der Waals surface area contributed by atoms with E-state index in [4.69, 9.17) is 5.84 Å². The van der Waals surface area contributed by atoms with Gasteiger partial charge in [0.15, 0.2) is 5.78 Å². The van der Waals surface area contributed by atoms with Gasteiger partial charge in [-0.15, -0.1) is 0 Å². The molecular formula is C20H24N4O5. The zero-order valence-electron chi connectivity index (χ0n) is 16.4. The normalized spacial score (nSPS) is 10.6. The number of carbonyl (C=O) groups is 1. The first-order valence-corrected chi connectivity index (χ1v) is 9.13. The molecule has 9 heteroatoms. The molecule has 0 aliphatic rings. The van der Waals surface area contributed by atoms with Gasteiger partial charge < -0.3 is 5.84 Å². The highest BCUT2D eigenvalue weighted by Gasteiger charge is 2.10. The number of nitrogens with zero attached hydrogens (tertiary/aromatic N) is 3. The lowest BCUT2D eigenvalue weighted by molar-refractivity contribution is -0.385. The van der Waals surface area contributed by atoms with Gasteiger partial charge in [0, 0.05) is 41.8 Å². The van der Waals surface area contributed by atoms with Gasteiger partial charge in [0.05, 0.1) is 15.6 Å². The number of nitro benzene ring substituents is 2. The van der Waals surface area contributed by atoms with Crippen LogP contribution < -0.4 is 5.84 Å². The summed E-state index contributed by atoms with van der Waals surface area (Å²) in [5.41, 5.74) is 1.85. The Balaban J connectivity index is 0.000000291. The maximum absolute atomic E-state index is 11.4. The topological polar surface area (TPSA) is 142 Å². The number of non-ortho nitro benzene ring substituents is 2. The lowest BCUT2D eigenvalue weighted by Crippen LogP contribution is -2.04. The van der Waals surface area contributed by atoms with E-state index in [2.05, 4.69) is 5.10 Å². The van der Waals surface area contributed by atoms with Crippen molar-refractivity contribution in [2.45, 2.75) is 39.5 Å². The molecule has 9 nitrogen and oxygen atoms in total. The minimum absolute atomic E-state index is 0.0352. The van der Waals surface area contributed by atoms with E-state index in [0.717, 1.165) is 19.3 Å². The van der Waals surface area contributed by atoms with Crippen LogP contribution in [0, 0.1) is 20.2 Å². The molecule has 154 valence electrons. The Morgan fingerprint density at radius 1 is 0.897 bits per heavy atom. The number of hydrogen-bond acceptors (Lipinski definition) is 7. The predicted molar refractivity (Wildman–Crippen MR) is 111 cm³/mol. The van der Waals surface area contributed by atoms with Crippen molar-refractivity contribution in [1.29, 1.82) is 0 Å². The van der Waals surface area contributed by atoms with Gasteiger partial charge >= 0.3 is 0 Å². The minimum Gasteiger partial charge on any atom is -0.323 e. The third kappa shape index (κ3) is 7.49. The largest absolute Gasteiger partial charge is 0.323 e. The van der Waals surface area contributed by atoms with Crippen molar-refractivity contribution in [2.75, 3.05) is 0 Å². The second-order valence-electron chi connectivity index (χ2n) is 6.11. The van der Waals surface area contributed by atoms with Crippen molar-refractivity contribution >= 4 is 22.9 Å². The molecule has 29 heavy (non-hydrogen) atoms. The molecule has 0 aromatic heterocycles. The third-order valence-corrected chi connectivity index (χ3v) is 3.89. The van der Waals surface area contributed by atoms with Crippen molar-refractivity contribution in [2.24, 2.45) is 10.9 Å². The number of Topliss-reactive ketones (excluding diaryl/α,β-unsaturated/α-hetero) is 1. The van der Waals surface area contributed by atoms with Crippen LogP contribution in [0.3, 0.4) is 0 Å². The fourth-order valence-electron chi connectivity index (χ4n) is 2.48. The number of hydrazone groups is 1. The first-order valence-electron chi connectivity index (χ1n) is 9.13. The van der Waals surface area contributed by atoms with Gasteiger partial charge in [-0.25, -0.2) is 0 Å². The maximum atomic E-state index is 11.4. The summed E-state index contributed by atoms with van der Waals surface area (Å²) in [6.07, 6.45) is 2.80. The van der Waals surface area contributed by atoms with Crippen molar-refractivity contribution < 1.29 is 14.6 Å². The van der Waals surface area contributed by atoms with Crippen molar-refractivity contribution in [1.82, 2.24) is 0 Å². The summed E-state index contributed by atoms with van der Waals surface area (Å²) in [7, 11) is 0. The highest BCUT2D eigenvalue weighted by atomic mass is 16.6. The van der Waals surface area contributed by atoms with E-state index in [9.17, 15) is 25.0 Å². The Labute approximate surface area is 168 Å². The summed E-state index contributed by atoms with van der Waals surface area (Å²) < 4.78 is 0. The van der Waals surface area contributed by atoms with Crippen LogP contribution in [-0.2, 0) is 0 Å². The molecular weight excluding hydrogens is 376 g/mol. The first-order chi connectivity index (χ1) is 13.8. The second-order valence-corrected chi connectivity index (χ2v) is 6.11. The van der Waals surface area contributed by atoms with Gasteiger partial charge in [-0.1, -0.05) is 44.5 Å². The van der Waals surface area contributed by atoms with Crippen LogP contribution in [0.25, 0.3) is 0 Å². The number of carbonyl (C=O) groups excluding carboxylic acids is 1. The fourth-order valence-corrected chi connectivity index (χ4v) is 2.48. The molecule has 0 spiro atoms. The van der Waals surface area contributed by atoms with Crippen LogP contribution >= 0.6 is 0 Å². The molecule has 0 bridgehead atoms. The number of hydrogen-bond donors (Lipinski definition) is 1. The van der Waals surface area contributed by atoms with Crippen molar-refractivity contribution in [3.05, 3.63) is 79.9 Å². The van der Waals surface area contributed by atoms with Gasteiger partial charge in [-0.3, -0.25) is 25.0 Å². The monoisotopic (exact) mass is 400 g/mol. The third-order valence-electron chi connectivity index (χ3n) is 3.89. The van der Waals surface area contributed by atoms with E-state index in [1.165, 1.54) is 30.3 Å². The van der Waals surface area contributed by atoms with Crippen LogP contribution in [0.15, 0.2) is 53.6 Å². The van der Waals surface area contributed by atoms with E-state index < -0.39 is 9.85 Å². The summed E-state index contributed by atoms with van der Waals surface area (Å²) >= 11 is 0. The highest BCUT2D eigenvalue weighted by molar-refractivity contribution is 6.00. The van der Waals surface area contributed by atoms with Gasteiger partial charge in [-0.2, -0.15) is 5.10 Å². The lowest BCUT2D eigenvalue weighted by Gasteiger charge is -2.02. The highest BCUT2D eigenvalue weighted by Crippen LogP contribution is 2.16. The zero-order valence-corrected chi connectivity index (χ0v) is 16.4. The fraction of sp³-hybridized carbons (Fsp3) is 0.300. The van der Waals surface area contributed by atoms with Crippen LogP contribution in [0.5, 0.6) is 0 Å². The Kier molecular flexibility index (Phi) is 9.66. The standard InChI is InChI=1S/C10H13N3O2.C10H11NO3/c1-2-4-10(12-11)8-5-3-6-9(7-8)13(14)15;1-2-4-10(12)8-5-3-6-9(7-8)11(13)14/h3,5-7H,2,4,11H2,1H3;3,5-7H,2,4H2,1H3. The number of ketones is 1. The first kappa shape index (κ1) is 23.4. The van der Waals surface area contributed by atoms with E-state index in [1.807, 2.05) is 13.8 Å². The summed E-state index contributed by atoms with van der Waals surface area (Å²) in [6, 6.07) is 12.2. The van der Waals surface area contributed by atoms with Crippen LogP contribution in [-0.4, -0.2) is 21.3 Å². The van der Waals surface area contributed by atoms with Gasteiger partial charge in [0.25, 0.3) is 11.4 Å². The Morgan fingerprint density at radius 3 is 1.83 bits per heavy atom. The van der Waals surface area contributed by atoms with E-state index in [0.29, 0.717) is 23.3 Å². The Hall–Kier alpha value is -3.62. The summed E-state index contributed by atoms with van der Waals surface area (Å²) in [5.74, 6) is 5.19. The van der Waals surface area contributed by atoms with Crippen LogP contribution in [0.2, 0.25) is 0 Å². The van der Waals surface area contributed by atoms with Crippen molar-refractivity contribution in [3.8, 4) is 0 Å². The number of rotatable bonds is 8. The second kappa shape index (κ2) is 12.0. The smallest absolute Gasteiger partial charge is 0.270 e. The van der Waals surface area contributed by atoms with E-state index in [-0.39, 0.29) is 17.2 Å². The molecule has 2 aromatic carbocycles. The molecule has 2 rings (SSSR count). The van der Waals surface area contributed by atoms with Gasteiger partial charge in [0.1, 0.15) is 0 Å². The van der Waals surface area contributed by atoms with Gasteiger partial charge in [-0.05, 0) is 12.8 Å². The average Bonchev–Trinajstić information content (AvgIpc) is 2.72.